The van der Waals surface area contributed by atoms with Gasteiger partial charge < -0.3 is 10.1 Å². The predicted molar refractivity (Wildman–Crippen MR) is 140 cm³/mol. The Kier molecular flexibility index (Phi) is 8.35. The van der Waals surface area contributed by atoms with E-state index in [2.05, 4.69) is 5.32 Å². The van der Waals surface area contributed by atoms with E-state index in [0.717, 1.165) is 11.1 Å². The summed E-state index contributed by atoms with van der Waals surface area (Å²) in [7, 11) is 0. The smallest absolute Gasteiger partial charge is 0.326 e. The first-order valence-electron chi connectivity index (χ1n) is 11.8. The maximum absolute atomic E-state index is 13.2. The molecule has 4 aromatic rings. The number of ether oxygens (including phenoxy) is 1. The summed E-state index contributed by atoms with van der Waals surface area (Å²) in [6, 6.07) is 31.8. The Bertz CT molecular complexity index is 1370. The van der Waals surface area contributed by atoms with Crippen LogP contribution in [0.25, 0.3) is 0 Å². The Morgan fingerprint density at radius 1 is 0.711 bits per heavy atom. The van der Waals surface area contributed by atoms with Crippen molar-refractivity contribution in [2.24, 2.45) is 0 Å². The first-order valence-corrected chi connectivity index (χ1v) is 11.8. The number of carbonyl (C=O) groups excluding carboxylic acids is 3. The Morgan fingerprint density at radius 2 is 1.21 bits per heavy atom. The molecule has 0 aliphatic carbocycles. The van der Waals surface area contributed by atoms with Crippen molar-refractivity contribution in [2.75, 3.05) is 6.54 Å². The van der Waals surface area contributed by atoms with Crippen LogP contribution in [-0.4, -0.2) is 29.1 Å². The first kappa shape index (κ1) is 26.0. The molecule has 38 heavy (non-hydrogen) atoms. The molecule has 4 aromatic carbocycles. The molecule has 1 amide bonds. The second-order valence-electron chi connectivity index (χ2n) is 8.42. The normalized spacial score (nSPS) is 11.4. The van der Waals surface area contributed by atoms with Gasteiger partial charge in [-0.2, -0.15) is 0 Å². The molecule has 0 aliphatic heterocycles. The standard InChI is InChI=1S/C30H24N2O6/c33-26(20-31-30(35)27(21-10-4-1-5-11-21)22-12-6-2-7-13-22)38-29(28(34)23-14-8-3-9-15-23)24-16-18-25(19-17-24)32(36)37/h1-19,27,29H,20H2,(H,31,35). The summed E-state index contributed by atoms with van der Waals surface area (Å²) in [5, 5.41) is 13.7. The number of hydrogen-bond acceptors (Lipinski definition) is 6. The van der Waals surface area contributed by atoms with Crippen LogP contribution in [0.3, 0.4) is 0 Å². The van der Waals surface area contributed by atoms with Gasteiger partial charge in [0.2, 0.25) is 11.7 Å². The van der Waals surface area contributed by atoms with Crippen molar-refractivity contribution < 1.29 is 24.0 Å². The van der Waals surface area contributed by atoms with Gasteiger partial charge in [0.05, 0.1) is 10.8 Å². The van der Waals surface area contributed by atoms with Gasteiger partial charge in [0.25, 0.3) is 5.69 Å². The molecule has 1 N–H and O–H groups in total. The van der Waals surface area contributed by atoms with Crippen LogP contribution in [0.1, 0.15) is 39.1 Å². The van der Waals surface area contributed by atoms with Gasteiger partial charge in [-0.05, 0) is 23.3 Å². The lowest BCUT2D eigenvalue weighted by Crippen LogP contribution is -2.36. The van der Waals surface area contributed by atoms with Gasteiger partial charge in [-0.1, -0.05) is 91.0 Å². The molecule has 0 saturated carbocycles. The molecule has 1 unspecified atom stereocenters. The number of nitrogens with zero attached hydrogens (tertiary/aromatic N) is 1. The van der Waals surface area contributed by atoms with E-state index in [1.807, 2.05) is 60.7 Å². The molecule has 190 valence electrons. The van der Waals surface area contributed by atoms with Crippen LogP contribution in [0, 0.1) is 10.1 Å². The summed E-state index contributed by atoms with van der Waals surface area (Å²) in [4.78, 5) is 49.7. The van der Waals surface area contributed by atoms with Crippen LogP contribution in [0.5, 0.6) is 0 Å². The second-order valence-corrected chi connectivity index (χ2v) is 8.42. The largest absolute Gasteiger partial charge is 0.448 e. The van der Waals surface area contributed by atoms with Crippen LogP contribution in [0.2, 0.25) is 0 Å². The number of nitrogens with one attached hydrogen (secondary N) is 1. The van der Waals surface area contributed by atoms with Crippen LogP contribution in [0.15, 0.2) is 115 Å². The number of amides is 1. The van der Waals surface area contributed by atoms with E-state index in [0.29, 0.717) is 5.56 Å². The maximum Gasteiger partial charge on any atom is 0.326 e. The minimum Gasteiger partial charge on any atom is -0.448 e. The van der Waals surface area contributed by atoms with Crippen molar-refractivity contribution in [3.63, 3.8) is 0 Å². The lowest BCUT2D eigenvalue weighted by Gasteiger charge is -2.20. The average molecular weight is 509 g/mol. The summed E-state index contributed by atoms with van der Waals surface area (Å²) in [6.45, 7) is -0.472. The molecule has 0 aromatic heterocycles. The van der Waals surface area contributed by atoms with Gasteiger partial charge in [0.15, 0.2) is 6.10 Å². The molecule has 0 bridgehead atoms. The number of hydrogen-bond donors (Lipinski definition) is 1. The van der Waals surface area contributed by atoms with E-state index in [4.69, 9.17) is 4.74 Å². The number of non-ortho nitro benzene ring substituents is 1. The van der Waals surface area contributed by atoms with Gasteiger partial charge in [0.1, 0.15) is 6.54 Å². The summed E-state index contributed by atoms with van der Waals surface area (Å²) in [6.07, 6.45) is -1.35. The summed E-state index contributed by atoms with van der Waals surface area (Å²) in [5.41, 5.74) is 1.93. The van der Waals surface area contributed by atoms with Crippen molar-refractivity contribution in [2.45, 2.75) is 12.0 Å². The van der Waals surface area contributed by atoms with Crippen molar-refractivity contribution in [1.29, 1.82) is 0 Å². The van der Waals surface area contributed by atoms with Gasteiger partial charge in [0, 0.05) is 23.3 Å². The fraction of sp³-hybridized carbons (Fsp3) is 0.100. The highest BCUT2D eigenvalue weighted by atomic mass is 16.6. The van der Waals surface area contributed by atoms with Crippen LogP contribution in [-0.2, 0) is 14.3 Å². The highest BCUT2D eigenvalue weighted by molar-refractivity contribution is 6.01. The third-order valence-corrected chi connectivity index (χ3v) is 5.89. The van der Waals surface area contributed by atoms with E-state index >= 15 is 0 Å². The highest BCUT2D eigenvalue weighted by Gasteiger charge is 2.28. The molecule has 4 rings (SSSR count). The molecule has 0 radical (unpaired) electrons. The van der Waals surface area contributed by atoms with Crippen LogP contribution < -0.4 is 5.32 Å². The highest BCUT2D eigenvalue weighted by Crippen LogP contribution is 2.26. The van der Waals surface area contributed by atoms with Gasteiger partial charge in [-0.25, -0.2) is 0 Å². The Labute approximate surface area is 219 Å². The number of carbonyl (C=O) groups is 3. The van der Waals surface area contributed by atoms with Gasteiger partial charge in [-0.15, -0.1) is 0 Å². The number of ketones is 1. The van der Waals surface area contributed by atoms with Crippen molar-refractivity contribution in [1.82, 2.24) is 5.32 Å². The number of nitro benzene ring substituents is 1. The molecule has 0 aliphatic rings. The maximum atomic E-state index is 13.2. The molecular weight excluding hydrogens is 484 g/mol. The molecule has 0 spiro atoms. The number of Topliss-reactive ketones (excluding diaryl/α,β-unsaturated/α-hetero) is 1. The third kappa shape index (κ3) is 6.36. The monoisotopic (exact) mass is 508 g/mol. The minimum absolute atomic E-state index is 0.161. The van der Waals surface area contributed by atoms with Crippen molar-refractivity contribution in [3.8, 4) is 0 Å². The molecule has 0 heterocycles. The van der Waals surface area contributed by atoms with Gasteiger partial charge >= 0.3 is 5.97 Å². The fourth-order valence-corrected chi connectivity index (χ4v) is 4.02. The number of rotatable bonds is 10. The summed E-state index contributed by atoms with van der Waals surface area (Å²) in [5.74, 6) is -2.38. The van der Waals surface area contributed by atoms with E-state index in [9.17, 15) is 24.5 Å². The molecule has 8 nitrogen and oxygen atoms in total. The van der Waals surface area contributed by atoms with E-state index in [-0.39, 0.29) is 11.3 Å². The SMILES string of the molecule is O=C(CNC(=O)C(c1ccccc1)c1ccccc1)OC(C(=O)c1ccccc1)c1ccc([N+](=O)[O-])cc1. The average Bonchev–Trinajstić information content (AvgIpc) is 2.96. The van der Waals surface area contributed by atoms with Crippen LogP contribution >= 0.6 is 0 Å². The van der Waals surface area contributed by atoms with Gasteiger partial charge in [-0.3, -0.25) is 24.5 Å². The Balaban J connectivity index is 1.51. The summed E-state index contributed by atoms with van der Waals surface area (Å²) < 4.78 is 5.52. The molecule has 0 saturated heterocycles. The zero-order valence-corrected chi connectivity index (χ0v) is 20.2. The summed E-state index contributed by atoms with van der Waals surface area (Å²) >= 11 is 0. The zero-order valence-electron chi connectivity index (χ0n) is 20.2. The number of nitro groups is 1. The minimum atomic E-state index is -1.35. The van der Waals surface area contributed by atoms with Crippen molar-refractivity contribution in [3.05, 3.63) is 148 Å². The fourth-order valence-electron chi connectivity index (χ4n) is 4.02. The molecular formula is C30H24N2O6. The van der Waals surface area contributed by atoms with E-state index < -0.39 is 41.1 Å². The van der Waals surface area contributed by atoms with E-state index in [1.165, 1.54) is 24.3 Å². The van der Waals surface area contributed by atoms with Crippen LogP contribution in [0.4, 0.5) is 5.69 Å². The first-order chi connectivity index (χ1) is 18.4. The predicted octanol–water partition coefficient (Wildman–Crippen LogP) is 5.01. The van der Waals surface area contributed by atoms with Crippen molar-refractivity contribution >= 4 is 23.3 Å². The lowest BCUT2D eigenvalue weighted by molar-refractivity contribution is -0.384. The van der Waals surface area contributed by atoms with E-state index in [1.54, 1.807) is 30.3 Å². The molecule has 8 heteroatoms. The second kappa shape index (κ2) is 12.2. The Hall–Kier alpha value is -5.11. The molecule has 0 fully saturated rings. The lowest BCUT2D eigenvalue weighted by atomic mass is 9.90. The number of esters is 1. The quantitative estimate of drug-likeness (QED) is 0.139. The third-order valence-electron chi connectivity index (χ3n) is 5.89. The molecule has 1 atom stereocenters. The Morgan fingerprint density at radius 3 is 1.71 bits per heavy atom. The topological polar surface area (TPSA) is 116 Å². The zero-order chi connectivity index (χ0) is 26.9. The number of benzene rings is 4.